The second-order valence-electron chi connectivity index (χ2n) is 8.00. The zero-order chi connectivity index (χ0) is 24.6. The molecule has 0 aliphatic carbocycles. The van der Waals surface area contributed by atoms with Crippen molar-refractivity contribution in [3.63, 3.8) is 0 Å². The second-order valence-corrected chi connectivity index (χ2v) is 8.00. The number of hydrogen-bond donors (Lipinski definition) is 7. The normalized spacial score (nSPS) is 12.3. The lowest BCUT2D eigenvalue weighted by atomic mass is 10.1. The monoisotopic (exact) mass is 460 g/mol. The predicted molar refractivity (Wildman–Crippen MR) is 129 cm³/mol. The molecule has 0 fully saturated rings. The van der Waals surface area contributed by atoms with Gasteiger partial charge in [0.15, 0.2) is 0 Å². The van der Waals surface area contributed by atoms with Gasteiger partial charge in [0.1, 0.15) is 0 Å². The van der Waals surface area contributed by atoms with Crippen LogP contribution in [0.1, 0.15) is 84.0 Å². The molecule has 0 saturated carbocycles. The van der Waals surface area contributed by atoms with E-state index in [-0.39, 0.29) is 11.8 Å². The number of amides is 2. The molecule has 0 spiro atoms. The first-order valence-corrected chi connectivity index (χ1v) is 11.9. The van der Waals surface area contributed by atoms with Crippen molar-refractivity contribution in [1.82, 2.24) is 10.6 Å². The molecular formula is C22H48N6O4. The van der Waals surface area contributed by atoms with Crippen LogP contribution in [-0.2, 0) is 14.4 Å². The molecule has 2 atom stereocenters. The standard InChI is InChI=1S/C20H44N6O2.C2H4O2/c21-13-9-11-17(23)19(27)25-15-7-5-3-1-2-4-6-8-16-26-20(28)18(24)12-10-14-22;1-2(3)4/h17-18H,1-16,21-24H2,(H,25,27)(H,26,28);1H3,(H,3,4). The van der Waals surface area contributed by atoms with E-state index in [1.807, 2.05) is 0 Å². The third-order valence-electron chi connectivity index (χ3n) is 4.81. The van der Waals surface area contributed by atoms with E-state index < -0.39 is 18.1 Å². The van der Waals surface area contributed by atoms with Gasteiger partial charge in [0.2, 0.25) is 11.8 Å². The molecule has 0 aromatic carbocycles. The molecule has 0 saturated heterocycles. The van der Waals surface area contributed by atoms with Crippen molar-refractivity contribution in [2.45, 2.75) is 96.1 Å². The van der Waals surface area contributed by atoms with Crippen LogP contribution in [0, 0.1) is 0 Å². The largest absolute Gasteiger partial charge is 0.481 e. The van der Waals surface area contributed by atoms with E-state index in [1.54, 1.807) is 0 Å². The Morgan fingerprint density at radius 3 is 1.22 bits per heavy atom. The first-order chi connectivity index (χ1) is 15.3. The molecule has 0 heterocycles. The fraction of sp³-hybridized carbons (Fsp3) is 0.864. The molecule has 190 valence electrons. The Bertz CT molecular complexity index is 439. The summed E-state index contributed by atoms with van der Waals surface area (Å²) in [6.07, 6.45) is 11.9. The van der Waals surface area contributed by atoms with Gasteiger partial charge in [-0.15, -0.1) is 0 Å². The number of unbranched alkanes of at least 4 members (excludes halogenated alkanes) is 7. The fourth-order valence-electron chi connectivity index (χ4n) is 2.93. The lowest BCUT2D eigenvalue weighted by molar-refractivity contribution is -0.134. The number of nitrogens with two attached hydrogens (primary N) is 4. The van der Waals surface area contributed by atoms with Gasteiger partial charge in [-0.1, -0.05) is 38.5 Å². The summed E-state index contributed by atoms with van der Waals surface area (Å²) in [5, 5.41) is 13.2. The topological polar surface area (TPSA) is 200 Å². The van der Waals surface area contributed by atoms with Crippen LogP contribution in [0.15, 0.2) is 0 Å². The smallest absolute Gasteiger partial charge is 0.300 e. The second kappa shape index (κ2) is 23.9. The van der Waals surface area contributed by atoms with Gasteiger partial charge in [0.05, 0.1) is 12.1 Å². The van der Waals surface area contributed by atoms with E-state index >= 15 is 0 Å². The van der Waals surface area contributed by atoms with Gasteiger partial charge in [-0.3, -0.25) is 14.4 Å². The lowest BCUT2D eigenvalue weighted by Gasteiger charge is -2.11. The van der Waals surface area contributed by atoms with Crippen molar-refractivity contribution in [3.05, 3.63) is 0 Å². The Morgan fingerprint density at radius 1 is 0.656 bits per heavy atom. The number of aliphatic carboxylic acids is 1. The number of nitrogens with one attached hydrogen (secondary N) is 2. The summed E-state index contributed by atoms with van der Waals surface area (Å²) >= 11 is 0. The fourth-order valence-corrected chi connectivity index (χ4v) is 2.93. The number of carboxylic acids is 1. The predicted octanol–water partition coefficient (Wildman–Crippen LogP) is 0.563. The third kappa shape index (κ3) is 24.5. The Labute approximate surface area is 193 Å². The Kier molecular flexibility index (Phi) is 24.2. The summed E-state index contributed by atoms with van der Waals surface area (Å²) in [5.41, 5.74) is 22.4. The van der Waals surface area contributed by atoms with E-state index in [4.69, 9.17) is 32.8 Å². The molecule has 10 heteroatoms. The Balaban J connectivity index is 0. The Morgan fingerprint density at radius 2 is 0.938 bits per heavy atom. The molecule has 2 amide bonds. The highest BCUT2D eigenvalue weighted by Gasteiger charge is 2.12. The molecule has 0 aromatic rings. The summed E-state index contributed by atoms with van der Waals surface area (Å²) < 4.78 is 0. The van der Waals surface area contributed by atoms with Crippen molar-refractivity contribution in [2.24, 2.45) is 22.9 Å². The molecule has 11 N–H and O–H groups in total. The van der Waals surface area contributed by atoms with Crippen molar-refractivity contribution >= 4 is 17.8 Å². The molecule has 0 rings (SSSR count). The zero-order valence-electron chi connectivity index (χ0n) is 19.9. The minimum Gasteiger partial charge on any atom is -0.481 e. The molecule has 0 aromatic heterocycles. The zero-order valence-corrected chi connectivity index (χ0v) is 19.9. The highest BCUT2D eigenvalue weighted by atomic mass is 16.4. The van der Waals surface area contributed by atoms with Crippen molar-refractivity contribution in [3.8, 4) is 0 Å². The van der Waals surface area contributed by atoms with Crippen LogP contribution in [0.2, 0.25) is 0 Å². The summed E-state index contributed by atoms with van der Waals surface area (Å²) in [5.74, 6) is -0.971. The number of rotatable bonds is 19. The van der Waals surface area contributed by atoms with Crippen LogP contribution < -0.4 is 33.6 Å². The molecule has 10 nitrogen and oxygen atoms in total. The van der Waals surface area contributed by atoms with E-state index in [9.17, 15) is 9.59 Å². The van der Waals surface area contributed by atoms with E-state index in [0.717, 1.165) is 45.4 Å². The molecular weight excluding hydrogens is 412 g/mol. The quantitative estimate of drug-likeness (QED) is 0.135. The van der Waals surface area contributed by atoms with Gasteiger partial charge >= 0.3 is 0 Å². The SMILES string of the molecule is CC(=O)O.NCCCC(N)C(=O)NCCCCCCCCCCNC(=O)C(N)CCCN. The van der Waals surface area contributed by atoms with Crippen LogP contribution in [0.25, 0.3) is 0 Å². The number of hydrogen-bond acceptors (Lipinski definition) is 7. The Hall–Kier alpha value is -1.75. The summed E-state index contributed by atoms with van der Waals surface area (Å²) in [4.78, 5) is 32.4. The number of carboxylic acid groups (broad SMARTS) is 1. The summed E-state index contributed by atoms with van der Waals surface area (Å²) in [6.45, 7) is 3.61. The van der Waals surface area contributed by atoms with Gasteiger partial charge in [0.25, 0.3) is 5.97 Å². The van der Waals surface area contributed by atoms with E-state index in [1.165, 1.54) is 25.7 Å². The van der Waals surface area contributed by atoms with Crippen molar-refractivity contribution in [1.29, 1.82) is 0 Å². The average Bonchev–Trinajstić information content (AvgIpc) is 2.75. The first-order valence-electron chi connectivity index (χ1n) is 11.9. The summed E-state index contributed by atoms with van der Waals surface area (Å²) in [7, 11) is 0. The molecule has 0 aliphatic rings. The highest BCUT2D eigenvalue weighted by molar-refractivity contribution is 5.81. The van der Waals surface area contributed by atoms with Crippen LogP contribution in [-0.4, -0.2) is 61.2 Å². The van der Waals surface area contributed by atoms with Crippen LogP contribution in [0.5, 0.6) is 0 Å². The van der Waals surface area contributed by atoms with Crippen LogP contribution >= 0.6 is 0 Å². The molecule has 32 heavy (non-hydrogen) atoms. The van der Waals surface area contributed by atoms with Gasteiger partial charge in [-0.2, -0.15) is 0 Å². The van der Waals surface area contributed by atoms with Gasteiger partial charge in [-0.05, 0) is 51.6 Å². The van der Waals surface area contributed by atoms with E-state index in [0.29, 0.717) is 39.0 Å². The van der Waals surface area contributed by atoms with Crippen molar-refractivity contribution < 1.29 is 19.5 Å². The maximum absolute atomic E-state index is 11.7. The van der Waals surface area contributed by atoms with Crippen LogP contribution in [0.4, 0.5) is 0 Å². The molecule has 0 aliphatic heterocycles. The number of carbonyl (C=O) groups excluding carboxylic acids is 2. The summed E-state index contributed by atoms with van der Waals surface area (Å²) in [6, 6.07) is -0.870. The molecule has 0 bridgehead atoms. The van der Waals surface area contributed by atoms with Gasteiger partial charge < -0.3 is 38.7 Å². The average molecular weight is 461 g/mol. The maximum atomic E-state index is 11.7. The first kappa shape index (κ1) is 32.4. The van der Waals surface area contributed by atoms with Gasteiger partial charge in [-0.25, -0.2) is 0 Å². The number of carbonyl (C=O) groups is 3. The highest BCUT2D eigenvalue weighted by Crippen LogP contribution is 2.08. The van der Waals surface area contributed by atoms with Gasteiger partial charge in [0, 0.05) is 20.0 Å². The molecule has 0 radical (unpaired) electrons. The molecule has 2 unspecified atom stereocenters. The lowest BCUT2D eigenvalue weighted by Crippen LogP contribution is -2.41. The minimum absolute atomic E-state index is 0.0686. The van der Waals surface area contributed by atoms with Crippen molar-refractivity contribution in [2.75, 3.05) is 26.2 Å². The minimum atomic E-state index is -0.833. The van der Waals surface area contributed by atoms with Crippen LogP contribution in [0.3, 0.4) is 0 Å². The maximum Gasteiger partial charge on any atom is 0.300 e. The van der Waals surface area contributed by atoms with E-state index in [2.05, 4.69) is 10.6 Å². The third-order valence-corrected chi connectivity index (χ3v) is 4.81.